The van der Waals surface area contributed by atoms with Crippen molar-refractivity contribution in [3.63, 3.8) is 0 Å². The predicted octanol–water partition coefficient (Wildman–Crippen LogP) is 1.08. The Balaban J connectivity index is 2.32. The third-order valence-electron chi connectivity index (χ3n) is 3.71. The van der Waals surface area contributed by atoms with Crippen LogP contribution in [0.25, 0.3) is 0 Å². The highest BCUT2D eigenvalue weighted by Crippen LogP contribution is 2.28. The fourth-order valence-corrected chi connectivity index (χ4v) is 5.41. The SMILES string of the molecule is CCC(C)NS(=O)(=O)c1ccc(N2C(=O)C(C)CS2(=O)=O)cc1. The van der Waals surface area contributed by atoms with Crippen LogP contribution in [0, 0.1) is 5.92 Å². The third-order valence-corrected chi connectivity index (χ3v) is 7.18. The highest BCUT2D eigenvalue weighted by atomic mass is 32.2. The number of sulfonamides is 2. The second kappa shape index (κ2) is 6.21. The molecule has 0 bridgehead atoms. The van der Waals surface area contributed by atoms with Crippen LogP contribution >= 0.6 is 0 Å². The number of hydrogen-bond donors (Lipinski definition) is 1. The average Bonchev–Trinajstić information content (AvgIpc) is 2.66. The Bertz CT molecular complexity index is 800. The van der Waals surface area contributed by atoms with Crippen molar-refractivity contribution >= 4 is 31.6 Å². The van der Waals surface area contributed by atoms with Gasteiger partial charge in [0.15, 0.2) is 0 Å². The molecule has 1 aliphatic heterocycles. The van der Waals surface area contributed by atoms with Crippen LogP contribution in [0.1, 0.15) is 27.2 Å². The van der Waals surface area contributed by atoms with Gasteiger partial charge in [0.25, 0.3) is 0 Å². The molecule has 128 valence electrons. The molecule has 1 amide bonds. The molecule has 2 unspecified atom stereocenters. The maximum Gasteiger partial charge on any atom is 0.244 e. The van der Waals surface area contributed by atoms with E-state index in [0.717, 1.165) is 4.31 Å². The van der Waals surface area contributed by atoms with Gasteiger partial charge in [-0.15, -0.1) is 0 Å². The molecule has 1 saturated heterocycles. The van der Waals surface area contributed by atoms with E-state index in [4.69, 9.17) is 0 Å². The van der Waals surface area contributed by atoms with Gasteiger partial charge in [-0.1, -0.05) is 13.8 Å². The Morgan fingerprint density at radius 2 is 1.87 bits per heavy atom. The van der Waals surface area contributed by atoms with E-state index in [0.29, 0.717) is 6.42 Å². The van der Waals surface area contributed by atoms with Crippen LogP contribution in [-0.4, -0.2) is 34.5 Å². The molecule has 1 aromatic rings. The Morgan fingerprint density at radius 1 is 1.30 bits per heavy atom. The first-order chi connectivity index (χ1) is 10.6. The van der Waals surface area contributed by atoms with Crippen molar-refractivity contribution in [2.45, 2.75) is 38.1 Å². The molecule has 1 N–H and O–H groups in total. The number of rotatable bonds is 5. The lowest BCUT2D eigenvalue weighted by Gasteiger charge is -2.16. The van der Waals surface area contributed by atoms with Gasteiger partial charge in [0.1, 0.15) is 0 Å². The van der Waals surface area contributed by atoms with Crippen LogP contribution in [0.4, 0.5) is 5.69 Å². The molecular weight excluding hydrogens is 340 g/mol. The van der Waals surface area contributed by atoms with E-state index in [-0.39, 0.29) is 22.4 Å². The van der Waals surface area contributed by atoms with Crippen molar-refractivity contribution in [3.8, 4) is 0 Å². The average molecular weight is 360 g/mol. The van der Waals surface area contributed by atoms with Crippen molar-refractivity contribution < 1.29 is 21.6 Å². The molecule has 1 aromatic carbocycles. The zero-order valence-corrected chi connectivity index (χ0v) is 14.8. The lowest BCUT2D eigenvalue weighted by molar-refractivity contribution is -0.119. The first kappa shape index (κ1) is 17.9. The zero-order chi connectivity index (χ0) is 17.4. The molecule has 0 aliphatic carbocycles. The molecule has 2 rings (SSSR count). The van der Waals surface area contributed by atoms with Crippen LogP contribution in [-0.2, 0) is 24.8 Å². The van der Waals surface area contributed by atoms with E-state index in [1.54, 1.807) is 13.8 Å². The van der Waals surface area contributed by atoms with Crippen molar-refractivity contribution in [1.29, 1.82) is 0 Å². The van der Waals surface area contributed by atoms with E-state index in [9.17, 15) is 21.6 Å². The van der Waals surface area contributed by atoms with Gasteiger partial charge in [-0.2, -0.15) is 0 Å². The van der Waals surface area contributed by atoms with Gasteiger partial charge < -0.3 is 0 Å². The van der Waals surface area contributed by atoms with Crippen molar-refractivity contribution in [2.24, 2.45) is 5.92 Å². The number of carbonyl (C=O) groups excluding carboxylic acids is 1. The van der Waals surface area contributed by atoms with Crippen LogP contribution < -0.4 is 9.03 Å². The quantitative estimate of drug-likeness (QED) is 0.847. The molecule has 9 heteroatoms. The summed E-state index contributed by atoms with van der Waals surface area (Å²) in [5, 5.41) is 0. The van der Waals surface area contributed by atoms with Crippen LogP contribution in [0.2, 0.25) is 0 Å². The zero-order valence-electron chi connectivity index (χ0n) is 13.2. The van der Waals surface area contributed by atoms with Gasteiger partial charge >= 0.3 is 0 Å². The standard InChI is InChI=1S/C14H20N2O5S2/c1-4-11(3)15-23(20,21)13-7-5-12(6-8-13)16-14(17)10(2)9-22(16,18)19/h5-8,10-11,15H,4,9H2,1-3H3. The molecule has 23 heavy (non-hydrogen) atoms. The smallest absolute Gasteiger partial charge is 0.244 e. The molecule has 1 heterocycles. The minimum absolute atomic E-state index is 0.0265. The van der Waals surface area contributed by atoms with Gasteiger partial charge in [0, 0.05) is 6.04 Å². The van der Waals surface area contributed by atoms with Gasteiger partial charge in [0.2, 0.25) is 26.0 Å². The van der Waals surface area contributed by atoms with Crippen LogP contribution in [0.5, 0.6) is 0 Å². The predicted molar refractivity (Wildman–Crippen MR) is 87.0 cm³/mol. The van der Waals surface area contributed by atoms with Gasteiger partial charge in [-0.3, -0.25) is 4.79 Å². The minimum Gasteiger partial charge on any atom is -0.273 e. The topological polar surface area (TPSA) is 101 Å². The fraction of sp³-hybridized carbons (Fsp3) is 0.500. The van der Waals surface area contributed by atoms with Gasteiger partial charge in [-0.05, 0) is 37.6 Å². The number of nitrogens with zero attached hydrogens (tertiary/aromatic N) is 1. The first-order valence-electron chi connectivity index (χ1n) is 7.27. The molecule has 0 spiro atoms. The number of amides is 1. The number of carbonyl (C=O) groups is 1. The summed E-state index contributed by atoms with van der Waals surface area (Å²) in [6.45, 7) is 5.17. The van der Waals surface area contributed by atoms with E-state index in [1.807, 2.05) is 6.92 Å². The molecule has 1 aliphatic rings. The highest BCUT2D eigenvalue weighted by molar-refractivity contribution is 7.94. The van der Waals surface area contributed by atoms with E-state index in [2.05, 4.69) is 4.72 Å². The minimum atomic E-state index is -3.69. The van der Waals surface area contributed by atoms with E-state index < -0.39 is 31.9 Å². The lowest BCUT2D eigenvalue weighted by Crippen LogP contribution is -2.32. The number of anilines is 1. The number of nitrogens with one attached hydrogen (secondary N) is 1. The maximum absolute atomic E-state index is 12.2. The molecule has 0 radical (unpaired) electrons. The molecule has 1 fully saturated rings. The first-order valence-corrected chi connectivity index (χ1v) is 10.4. The second-order valence-corrected chi connectivity index (χ2v) is 9.28. The largest absolute Gasteiger partial charge is 0.273 e. The molecule has 0 saturated carbocycles. The summed E-state index contributed by atoms with van der Waals surface area (Å²) in [5.41, 5.74) is 0.154. The summed E-state index contributed by atoms with van der Waals surface area (Å²) in [7, 11) is -7.36. The van der Waals surface area contributed by atoms with E-state index >= 15 is 0 Å². The Morgan fingerprint density at radius 3 is 2.30 bits per heavy atom. The Hall–Kier alpha value is -1.45. The maximum atomic E-state index is 12.2. The number of benzene rings is 1. The highest BCUT2D eigenvalue weighted by Gasteiger charge is 2.41. The lowest BCUT2D eigenvalue weighted by atomic mass is 10.2. The fourth-order valence-electron chi connectivity index (χ4n) is 2.26. The third kappa shape index (κ3) is 3.56. The summed E-state index contributed by atoms with van der Waals surface area (Å²) < 4.78 is 51.6. The summed E-state index contributed by atoms with van der Waals surface area (Å²) in [6, 6.07) is 5.05. The van der Waals surface area contributed by atoms with Crippen molar-refractivity contribution in [2.75, 3.05) is 10.1 Å². The molecule has 2 atom stereocenters. The summed E-state index contributed by atoms with van der Waals surface area (Å²) in [5.74, 6) is -1.34. The number of hydrogen-bond acceptors (Lipinski definition) is 5. The Labute approximate surface area is 136 Å². The molecule has 7 nitrogen and oxygen atoms in total. The van der Waals surface area contributed by atoms with Gasteiger partial charge in [-0.25, -0.2) is 25.9 Å². The van der Waals surface area contributed by atoms with Gasteiger partial charge in [0.05, 0.1) is 22.3 Å². The van der Waals surface area contributed by atoms with Crippen molar-refractivity contribution in [3.05, 3.63) is 24.3 Å². The van der Waals surface area contributed by atoms with Crippen LogP contribution in [0.3, 0.4) is 0 Å². The second-order valence-electron chi connectivity index (χ2n) is 5.71. The Kier molecular flexibility index (Phi) is 4.84. The van der Waals surface area contributed by atoms with Crippen LogP contribution in [0.15, 0.2) is 29.2 Å². The summed E-state index contributed by atoms with van der Waals surface area (Å²) >= 11 is 0. The normalized spacial score (nSPS) is 22.3. The summed E-state index contributed by atoms with van der Waals surface area (Å²) in [4.78, 5) is 12.0. The monoisotopic (exact) mass is 360 g/mol. The van der Waals surface area contributed by atoms with E-state index in [1.165, 1.54) is 24.3 Å². The van der Waals surface area contributed by atoms with Crippen molar-refractivity contribution in [1.82, 2.24) is 4.72 Å². The summed E-state index contributed by atoms with van der Waals surface area (Å²) in [6.07, 6.45) is 0.649. The molecular formula is C14H20N2O5S2. The molecule has 0 aromatic heterocycles.